The van der Waals surface area contributed by atoms with Crippen LogP contribution >= 0.6 is 0 Å². The fourth-order valence-corrected chi connectivity index (χ4v) is 5.62. The molecule has 8 heteroatoms. The van der Waals surface area contributed by atoms with Crippen LogP contribution in [0.1, 0.15) is 61.1 Å². The van der Waals surface area contributed by atoms with Crippen molar-refractivity contribution in [3.63, 3.8) is 0 Å². The van der Waals surface area contributed by atoms with Gasteiger partial charge in [0, 0.05) is 18.9 Å². The van der Waals surface area contributed by atoms with Gasteiger partial charge in [-0.05, 0) is 74.3 Å². The second-order valence-electron chi connectivity index (χ2n) is 12.4. The van der Waals surface area contributed by atoms with Gasteiger partial charge in [0.2, 0.25) is 5.91 Å². The molecule has 5 atom stereocenters. The number of rotatable bonds is 12. The molecule has 5 N–H and O–H groups in total. The summed E-state index contributed by atoms with van der Waals surface area (Å²) in [5.74, 6) is -0.938. The highest BCUT2D eigenvalue weighted by molar-refractivity contribution is 5.80. The summed E-state index contributed by atoms with van der Waals surface area (Å²) >= 11 is 0. The number of carbonyl (C=O) groups excluding carboxylic acids is 2. The number of carbonyl (C=O) groups is 2. The summed E-state index contributed by atoms with van der Waals surface area (Å²) in [5.41, 5.74) is 4.00. The Balaban J connectivity index is 1.56. The van der Waals surface area contributed by atoms with E-state index in [4.69, 9.17) is 4.74 Å². The first-order valence-corrected chi connectivity index (χ1v) is 15.0. The zero-order valence-corrected chi connectivity index (χ0v) is 25.2. The highest BCUT2D eigenvalue weighted by Crippen LogP contribution is 2.32. The Labute approximate surface area is 254 Å². The molecule has 230 valence electrons. The van der Waals surface area contributed by atoms with E-state index >= 15 is 0 Å². The second kappa shape index (κ2) is 14.6. The van der Waals surface area contributed by atoms with Gasteiger partial charge in [-0.15, -0.1) is 0 Å². The van der Waals surface area contributed by atoms with Gasteiger partial charge >= 0.3 is 6.09 Å². The third-order valence-electron chi connectivity index (χ3n) is 7.77. The van der Waals surface area contributed by atoms with Crippen LogP contribution in [0.15, 0.2) is 78.9 Å². The third kappa shape index (κ3) is 9.38. The minimum Gasteiger partial charge on any atom is -0.444 e. The molecule has 0 aliphatic heterocycles. The lowest BCUT2D eigenvalue weighted by Gasteiger charge is -2.30. The van der Waals surface area contributed by atoms with E-state index in [1.54, 1.807) is 20.8 Å². The second-order valence-corrected chi connectivity index (χ2v) is 12.4. The molecule has 2 amide bonds. The predicted molar refractivity (Wildman–Crippen MR) is 165 cm³/mol. The molecule has 0 saturated heterocycles. The van der Waals surface area contributed by atoms with Crippen molar-refractivity contribution in [2.45, 2.75) is 82.8 Å². The lowest BCUT2D eigenvalue weighted by atomic mass is 9.88. The molecule has 1 aliphatic carbocycles. The van der Waals surface area contributed by atoms with E-state index in [-0.39, 0.29) is 18.9 Å². The molecular weight excluding hydrogens is 544 g/mol. The van der Waals surface area contributed by atoms with Crippen LogP contribution in [-0.4, -0.2) is 57.8 Å². The molecule has 0 saturated carbocycles. The van der Waals surface area contributed by atoms with Crippen LogP contribution in [0.25, 0.3) is 0 Å². The first kappa shape index (κ1) is 32.2. The highest BCUT2D eigenvalue weighted by Gasteiger charge is 2.35. The fraction of sp³-hybridized carbons (Fsp3) is 0.429. The molecule has 8 nitrogen and oxygen atoms in total. The summed E-state index contributed by atoms with van der Waals surface area (Å²) in [7, 11) is 0. The van der Waals surface area contributed by atoms with Crippen molar-refractivity contribution in [2.75, 3.05) is 6.61 Å². The van der Waals surface area contributed by atoms with Crippen LogP contribution in [0.5, 0.6) is 0 Å². The van der Waals surface area contributed by atoms with E-state index in [0.29, 0.717) is 25.7 Å². The van der Waals surface area contributed by atoms with Gasteiger partial charge in [-0.1, -0.05) is 78.9 Å². The summed E-state index contributed by atoms with van der Waals surface area (Å²) in [5, 5.41) is 37.5. The third-order valence-corrected chi connectivity index (χ3v) is 7.77. The molecule has 3 aromatic carbocycles. The number of hydrogen-bond acceptors (Lipinski definition) is 6. The van der Waals surface area contributed by atoms with Crippen LogP contribution < -0.4 is 10.6 Å². The van der Waals surface area contributed by atoms with Crippen molar-refractivity contribution < 1.29 is 29.6 Å². The maximum atomic E-state index is 13.9. The van der Waals surface area contributed by atoms with Gasteiger partial charge in [0.05, 0.1) is 24.3 Å². The average molecular weight is 589 g/mol. The van der Waals surface area contributed by atoms with E-state index in [2.05, 4.69) is 10.6 Å². The summed E-state index contributed by atoms with van der Waals surface area (Å²) < 4.78 is 5.48. The van der Waals surface area contributed by atoms with Gasteiger partial charge in [0.25, 0.3) is 0 Å². The zero-order chi connectivity index (χ0) is 31.0. The maximum absolute atomic E-state index is 13.9. The maximum Gasteiger partial charge on any atom is 0.407 e. The fourth-order valence-electron chi connectivity index (χ4n) is 5.62. The highest BCUT2D eigenvalue weighted by atomic mass is 16.6. The largest absolute Gasteiger partial charge is 0.444 e. The van der Waals surface area contributed by atoms with Crippen LogP contribution in [0.2, 0.25) is 0 Å². The van der Waals surface area contributed by atoms with Crippen molar-refractivity contribution in [1.82, 2.24) is 10.6 Å². The Kier molecular flexibility index (Phi) is 11.0. The Bertz CT molecular complexity index is 1340. The van der Waals surface area contributed by atoms with Crippen LogP contribution in [0.4, 0.5) is 4.79 Å². The zero-order valence-electron chi connectivity index (χ0n) is 25.2. The van der Waals surface area contributed by atoms with E-state index in [1.807, 2.05) is 78.9 Å². The minimum absolute atomic E-state index is 0.0508. The van der Waals surface area contributed by atoms with E-state index in [0.717, 1.165) is 27.8 Å². The van der Waals surface area contributed by atoms with E-state index in [9.17, 15) is 24.9 Å². The Hall–Kier alpha value is -3.72. The summed E-state index contributed by atoms with van der Waals surface area (Å²) in [6.07, 6.45) is -0.695. The number of nitrogens with one attached hydrogen (secondary N) is 2. The molecule has 0 radical (unpaired) electrons. The monoisotopic (exact) mass is 588 g/mol. The molecule has 0 heterocycles. The number of aliphatic hydroxyl groups excluding tert-OH is 3. The number of fused-ring (bicyclic) bond motifs is 1. The van der Waals surface area contributed by atoms with E-state index in [1.165, 1.54) is 0 Å². The lowest BCUT2D eigenvalue weighted by molar-refractivity contribution is -0.127. The summed E-state index contributed by atoms with van der Waals surface area (Å²) in [4.78, 5) is 26.6. The number of amides is 2. The van der Waals surface area contributed by atoms with Crippen molar-refractivity contribution in [3.8, 4) is 0 Å². The smallest absolute Gasteiger partial charge is 0.407 e. The molecular formula is C35H44N2O6. The normalized spacial score (nSPS) is 18.3. The molecule has 0 bridgehead atoms. The molecule has 0 fully saturated rings. The molecule has 4 rings (SSSR count). The first-order valence-electron chi connectivity index (χ1n) is 15.0. The van der Waals surface area contributed by atoms with E-state index < -0.39 is 41.9 Å². The Morgan fingerprint density at radius 3 is 2.21 bits per heavy atom. The van der Waals surface area contributed by atoms with Crippen molar-refractivity contribution >= 4 is 12.0 Å². The molecule has 0 spiro atoms. The standard InChI is InChI=1S/C35H44N2O6/c1-35(2,3)43-34(42)36-29(20-24-9-5-4-6-10-24)30(39)22-27(19-25-15-13-23(14-16-25)17-18-38)33(41)37-32-28-12-8-7-11-26(28)21-31(32)40/h4-16,27,29-32,38-40H,17-22H2,1-3H3,(H,36,42)(H,37,41)/t27-,29+,30+,31-,32+/m1/s1. The molecule has 0 aromatic heterocycles. The van der Waals surface area contributed by atoms with Gasteiger partial charge in [-0.2, -0.15) is 0 Å². The Morgan fingerprint density at radius 2 is 1.53 bits per heavy atom. The average Bonchev–Trinajstić information content (AvgIpc) is 3.27. The number of benzene rings is 3. The number of aliphatic hydroxyl groups is 3. The summed E-state index contributed by atoms with van der Waals surface area (Å²) in [6, 6.07) is 23.7. The molecule has 1 aliphatic rings. The minimum atomic E-state index is -1.07. The number of alkyl carbamates (subject to hydrolysis) is 1. The van der Waals surface area contributed by atoms with Crippen LogP contribution in [0, 0.1) is 5.92 Å². The van der Waals surface area contributed by atoms with Gasteiger partial charge in [0.15, 0.2) is 0 Å². The molecule has 43 heavy (non-hydrogen) atoms. The van der Waals surface area contributed by atoms with Gasteiger partial charge < -0.3 is 30.7 Å². The summed E-state index contributed by atoms with van der Waals surface area (Å²) in [6.45, 7) is 5.38. The lowest BCUT2D eigenvalue weighted by Crippen LogP contribution is -2.48. The van der Waals surface area contributed by atoms with Crippen molar-refractivity contribution in [2.24, 2.45) is 5.92 Å². The molecule has 0 unspecified atom stereocenters. The number of hydrogen-bond donors (Lipinski definition) is 5. The van der Waals surface area contributed by atoms with Gasteiger partial charge in [-0.3, -0.25) is 4.79 Å². The first-order chi connectivity index (χ1) is 20.5. The quantitative estimate of drug-likeness (QED) is 0.217. The predicted octanol–water partition coefficient (Wildman–Crippen LogP) is 4.04. The van der Waals surface area contributed by atoms with Crippen LogP contribution in [-0.2, 0) is 35.2 Å². The Morgan fingerprint density at radius 1 is 0.907 bits per heavy atom. The van der Waals surface area contributed by atoms with Gasteiger partial charge in [-0.25, -0.2) is 4.79 Å². The van der Waals surface area contributed by atoms with Crippen molar-refractivity contribution in [3.05, 3.63) is 107 Å². The van der Waals surface area contributed by atoms with Crippen molar-refractivity contribution in [1.29, 1.82) is 0 Å². The van der Waals surface area contributed by atoms with Crippen LogP contribution in [0.3, 0.4) is 0 Å². The molecule has 3 aromatic rings. The number of ether oxygens (including phenoxy) is 1. The topological polar surface area (TPSA) is 128 Å². The van der Waals surface area contributed by atoms with Gasteiger partial charge in [0.1, 0.15) is 5.60 Å². The SMILES string of the molecule is CC(C)(C)OC(=O)N[C@@H](Cc1ccccc1)[C@@H](O)C[C@@H](Cc1ccc(CCO)cc1)C(=O)N[C@H]1c2ccccc2C[C@H]1O.